The quantitative estimate of drug-likeness (QED) is 0.644. The number of anilines is 1. The van der Waals surface area contributed by atoms with Gasteiger partial charge in [-0.2, -0.15) is 0 Å². The summed E-state index contributed by atoms with van der Waals surface area (Å²) in [5.41, 5.74) is 1.46. The third-order valence-electron chi connectivity index (χ3n) is 4.54. The van der Waals surface area contributed by atoms with Crippen molar-refractivity contribution in [2.75, 3.05) is 11.9 Å². The molecular formula is C23H25NO2. The van der Waals surface area contributed by atoms with Crippen LogP contribution < -0.4 is 10.1 Å². The van der Waals surface area contributed by atoms with Crippen molar-refractivity contribution in [2.24, 2.45) is 5.41 Å². The van der Waals surface area contributed by atoms with Gasteiger partial charge in [-0.3, -0.25) is 4.79 Å². The summed E-state index contributed by atoms with van der Waals surface area (Å²) in [5, 5.41) is 5.12. The van der Waals surface area contributed by atoms with E-state index in [2.05, 4.69) is 17.4 Å². The molecule has 0 atom stereocenters. The monoisotopic (exact) mass is 347 g/mol. The maximum atomic E-state index is 13.0. The lowest BCUT2D eigenvalue weighted by molar-refractivity contribution is -0.123. The first-order chi connectivity index (χ1) is 12.5. The van der Waals surface area contributed by atoms with E-state index in [0.29, 0.717) is 13.0 Å². The minimum atomic E-state index is -0.513. The number of carbonyl (C=O) groups excluding carboxylic acids is 1. The summed E-state index contributed by atoms with van der Waals surface area (Å²) in [6.45, 7) is 6.54. The maximum absolute atomic E-state index is 13.0. The summed E-state index contributed by atoms with van der Waals surface area (Å²) >= 11 is 0. The van der Waals surface area contributed by atoms with Gasteiger partial charge in [0.1, 0.15) is 5.75 Å². The Morgan fingerprint density at radius 3 is 2.27 bits per heavy atom. The van der Waals surface area contributed by atoms with E-state index < -0.39 is 5.41 Å². The van der Waals surface area contributed by atoms with Gasteiger partial charge in [-0.15, -0.1) is 0 Å². The molecule has 0 aromatic heterocycles. The summed E-state index contributed by atoms with van der Waals surface area (Å²) in [5.74, 6) is 0.848. The zero-order chi connectivity index (χ0) is 18.6. The Kier molecular flexibility index (Phi) is 5.27. The summed E-state index contributed by atoms with van der Waals surface area (Å²) in [7, 11) is 0. The molecule has 3 heteroatoms. The summed E-state index contributed by atoms with van der Waals surface area (Å²) < 4.78 is 5.71. The maximum Gasteiger partial charge on any atom is 0.230 e. The van der Waals surface area contributed by atoms with E-state index in [0.717, 1.165) is 27.8 Å². The van der Waals surface area contributed by atoms with Crippen LogP contribution in [0, 0.1) is 5.41 Å². The molecule has 0 unspecified atom stereocenters. The lowest BCUT2D eigenvalue weighted by atomic mass is 9.84. The fourth-order valence-corrected chi connectivity index (χ4v) is 3.14. The highest BCUT2D eigenvalue weighted by molar-refractivity contribution is 6.05. The minimum Gasteiger partial charge on any atom is -0.493 e. The lowest BCUT2D eigenvalue weighted by Gasteiger charge is -2.24. The normalized spacial score (nSPS) is 11.3. The second-order valence-corrected chi connectivity index (χ2v) is 7.09. The summed E-state index contributed by atoms with van der Waals surface area (Å²) in [4.78, 5) is 13.0. The first-order valence-electron chi connectivity index (χ1n) is 9.01. The van der Waals surface area contributed by atoms with Gasteiger partial charge in [0.25, 0.3) is 0 Å². The Balaban J connectivity index is 1.86. The second-order valence-electron chi connectivity index (χ2n) is 7.09. The number of rotatable bonds is 6. The van der Waals surface area contributed by atoms with Crippen LogP contribution in [0.4, 0.5) is 5.69 Å². The summed E-state index contributed by atoms with van der Waals surface area (Å²) in [6.07, 6.45) is 0.689. The van der Waals surface area contributed by atoms with E-state index in [9.17, 15) is 4.79 Å². The van der Waals surface area contributed by atoms with Gasteiger partial charge in [0.15, 0.2) is 0 Å². The van der Waals surface area contributed by atoms with E-state index in [1.54, 1.807) is 0 Å². The van der Waals surface area contributed by atoms with Crippen molar-refractivity contribution < 1.29 is 9.53 Å². The molecule has 0 saturated carbocycles. The fourth-order valence-electron chi connectivity index (χ4n) is 3.14. The van der Waals surface area contributed by atoms with Crippen molar-refractivity contribution >= 4 is 22.4 Å². The third-order valence-corrected chi connectivity index (χ3v) is 4.54. The molecule has 0 radical (unpaired) electrons. The van der Waals surface area contributed by atoms with Crippen LogP contribution in [-0.4, -0.2) is 12.5 Å². The van der Waals surface area contributed by atoms with Crippen LogP contribution in [0.25, 0.3) is 10.8 Å². The average molecular weight is 347 g/mol. The van der Waals surface area contributed by atoms with Crippen LogP contribution in [0.1, 0.15) is 26.3 Å². The average Bonchev–Trinajstić information content (AvgIpc) is 2.64. The lowest BCUT2D eigenvalue weighted by Crippen LogP contribution is -2.32. The van der Waals surface area contributed by atoms with Gasteiger partial charge in [0.05, 0.1) is 6.61 Å². The number of ether oxygens (including phenoxy) is 1. The molecule has 134 valence electrons. The van der Waals surface area contributed by atoms with Gasteiger partial charge >= 0.3 is 0 Å². The molecule has 1 N–H and O–H groups in total. The molecule has 0 heterocycles. The molecule has 3 nitrogen and oxygen atoms in total. The molecular weight excluding hydrogens is 322 g/mol. The second kappa shape index (κ2) is 7.61. The van der Waals surface area contributed by atoms with E-state index in [-0.39, 0.29) is 5.91 Å². The number of hydrogen-bond acceptors (Lipinski definition) is 2. The van der Waals surface area contributed by atoms with Gasteiger partial charge < -0.3 is 10.1 Å². The highest BCUT2D eigenvalue weighted by atomic mass is 16.5. The molecule has 3 aromatic rings. The molecule has 3 aromatic carbocycles. The molecule has 1 amide bonds. The van der Waals surface area contributed by atoms with Crippen LogP contribution in [0.15, 0.2) is 66.7 Å². The van der Waals surface area contributed by atoms with Crippen LogP contribution in [0.2, 0.25) is 0 Å². The van der Waals surface area contributed by atoms with E-state index in [1.807, 2.05) is 75.4 Å². The Bertz CT molecular complexity index is 900. The molecule has 26 heavy (non-hydrogen) atoms. The Labute approximate surface area is 155 Å². The van der Waals surface area contributed by atoms with Crippen LogP contribution in [-0.2, 0) is 11.2 Å². The van der Waals surface area contributed by atoms with Crippen molar-refractivity contribution in [1.82, 2.24) is 0 Å². The molecule has 0 aliphatic carbocycles. The van der Waals surface area contributed by atoms with Gasteiger partial charge in [0, 0.05) is 21.9 Å². The number of carbonyl (C=O) groups is 1. The molecule has 0 saturated heterocycles. The number of amides is 1. The predicted molar refractivity (Wildman–Crippen MR) is 108 cm³/mol. The first kappa shape index (κ1) is 18.0. The van der Waals surface area contributed by atoms with Crippen molar-refractivity contribution in [3.05, 3.63) is 72.3 Å². The topological polar surface area (TPSA) is 38.3 Å². The molecule has 0 spiro atoms. The Hall–Kier alpha value is -2.81. The Morgan fingerprint density at radius 2 is 1.58 bits per heavy atom. The van der Waals surface area contributed by atoms with E-state index in [4.69, 9.17) is 4.74 Å². The Morgan fingerprint density at radius 1 is 0.923 bits per heavy atom. The number of fused-ring (bicyclic) bond motifs is 1. The van der Waals surface area contributed by atoms with Crippen LogP contribution in [0.5, 0.6) is 5.75 Å². The van der Waals surface area contributed by atoms with Crippen molar-refractivity contribution in [1.29, 1.82) is 0 Å². The molecule has 3 rings (SSSR count). The van der Waals surface area contributed by atoms with Gasteiger partial charge in [-0.05, 0) is 31.0 Å². The van der Waals surface area contributed by atoms with Crippen molar-refractivity contribution in [3.8, 4) is 5.75 Å². The highest BCUT2D eigenvalue weighted by Crippen LogP contribution is 2.33. The van der Waals surface area contributed by atoms with Crippen LogP contribution in [0.3, 0.4) is 0 Å². The van der Waals surface area contributed by atoms with Crippen molar-refractivity contribution in [3.63, 3.8) is 0 Å². The smallest absolute Gasteiger partial charge is 0.230 e. The van der Waals surface area contributed by atoms with Gasteiger partial charge in [-0.1, -0.05) is 68.4 Å². The zero-order valence-corrected chi connectivity index (χ0v) is 15.6. The van der Waals surface area contributed by atoms with Gasteiger partial charge in [0.2, 0.25) is 5.91 Å². The van der Waals surface area contributed by atoms with Gasteiger partial charge in [-0.25, -0.2) is 0 Å². The standard InChI is InChI=1S/C23H25NO2/c1-4-26-21-15-14-20(18-12-8-9-13-19(18)21)24-22(25)23(2,3)16-17-10-6-5-7-11-17/h5-15H,4,16H2,1-3H3,(H,24,25). The molecule has 0 fully saturated rings. The SMILES string of the molecule is CCOc1ccc(NC(=O)C(C)(C)Cc2ccccc2)c2ccccc12. The zero-order valence-electron chi connectivity index (χ0n) is 15.6. The summed E-state index contributed by atoms with van der Waals surface area (Å²) in [6, 6.07) is 21.9. The first-order valence-corrected chi connectivity index (χ1v) is 9.01. The minimum absolute atomic E-state index is 0.00988. The van der Waals surface area contributed by atoms with E-state index >= 15 is 0 Å². The van der Waals surface area contributed by atoms with E-state index in [1.165, 1.54) is 0 Å². The third kappa shape index (κ3) is 3.88. The van der Waals surface area contributed by atoms with Crippen molar-refractivity contribution in [2.45, 2.75) is 27.2 Å². The number of benzene rings is 3. The molecule has 0 bridgehead atoms. The number of nitrogens with one attached hydrogen (secondary N) is 1. The number of hydrogen-bond donors (Lipinski definition) is 1. The largest absolute Gasteiger partial charge is 0.493 e. The molecule has 0 aliphatic heterocycles. The fraction of sp³-hybridized carbons (Fsp3) is 0.261. The predicted octanol–water partition coefficient (Wildman–Crippen LogP) is 5.45. The van der Waals surface area contributed by atoms with Crippen LogP contribution >= 0.6 is 0 Å². The highest BCUT2D eigenvalue weighted by Gasteiger charge is 2.28. The molecule has 0 aliphatic rings.